The molecule has 78 valence electrons. The second kappa shape index (κ2) is 5.06. The van der Waals surface area contributed by atoms with Crippen molar-refractivity contribution in [3.05, 3.63) is 0 Å². The average molecular weight is 199 g/mol. The number of nitrogens with one attached hydrogen (secondary N) is 1. The lowest BCUT2D eigenvalue weighted by Gasteiger charge is -2.16. The van der Waals surface area contributed by atoms with E-state index in [0.29, 0.717) is 0 Å². The minimum absolute atomic E-state index is 0.168. The van der Waals surface area contributed by atoms with Crippen LogP contribution in [0, 0.1) is 0 Å². The molecule has 0 unspecified atom stereocenters. The van der Waals surface area contributed by atoms with Crippen LogP contribution in [-0.2, 0) is 9.53 Å². The van der Waals surface area contributed by atoms with Crippen LogP contribution in [0.25, 0.3) is 0 Å². The molecule has 1 N–H and O–H groups in total. The molecule has 0 fully saturated rings. The van der Waals surface area contributed by atoms with Gasteiger partial charge >= 0.3 is 12.1 Å². The molecule has 0 aromatic carbocycles. The molecule has 0 saturated carbocycles. The van der Waals surface area contributed by atoms with E-state index in [1.54, 1.807) is 6.92 Å². The SMILES string of the molecule is CCOC(=O)CN[C@H](C)C(F)(F)F. The molecule has 0 amide bonds. The molecular formula is C7H12F3NO2. The molecule has 0 aromatic heterocycles. The van der Waals surface area contributed by atoms with Crippen LogP contribution in [0.15, 0.2) is 0 Å². The Bertz CT molecular complexity index is 170. The van der Waals surface area contributed by atoms with Gasteiger partial charge in [-0.15, -0.1) is 0 Å². The summed E-state index contributed by atoms with van der Waals surface area (Å²) in [5.74, 6) is -0.682. The molecule has 6 heteroatoms. The Balaban J connectivity index is 3.70. The summed E-state index contributed by atoms with van der Waals surface area (Å²) in [7, 11) is 0. The zero-order chi connectivity index (χ0) is 10.5. The van der Waals surface area contributed by atoms with Gasteiger partial charge in [0.25, 0.3) is 0 Å². The Morgan fingerprint density at radius 3 is 2.46 bits per heavy atom. The van der Waals surface area contributed by atoms with Gasteiger partial charge in [0.15, 0.2) is 0 Å². The highest BCUT2D eigenvalue weighted by Gasteiger charge is 2.35. The van der Waals surface area contributed by atoms with Gasteiger partial charge in [-0.05, 0) is 13.8 Å². The van der Waals surface area contributed by atoms with E-state index in [1.807, 2.05) is 5.32 Å². The highest BCUT2D eigenvalue weighted by molar-refractivity contribution is 5.71. The van der Waals surface area contributed by atoms with Crippen molar-refractivity contribution >= 4 is 5.97 Å². The van der Waals surface area contributed by atoms with E-state index in [0.717, 1.165) is 6.92 Å². The van der Waals surface area contributed by atoms with E-state index < -0.39 is 24.7 Å². The zero-order valence-electron chi connectivity index (χ0n) is 7.44. The second-order valence-corrected chi connectivity index (χ2v) is 2.45. The van der Waals surface area contributed by atoms with Crippen LogP contribution < -0.4 is 5.32 Å². The molecule has 0 spiro atoms. The largest absolute Gasteiger partial charge is 0.465 e. The Morgan fingerprint density at radius 2 is 2.08 bits per heavy atom. The van der Waals surface area contributed by atoms with Crippen molar-refractivity contribution in [3.8, 4) is 0 Å². The van der Waals surface area contributed by atoms with Gasteiger partial charge in [0.2, 0.25) is 0 Å². The summed E-state index contributed by atoms with van der Waals surface area (Å²) in [6.45, 7) is 2.28. The van der Waals surface area contributed by atoms with Crippen molar-refractivity contribution in [2.24, 2.45) is 0 Å². The fraction of sp³-hybridized carbons (Fsp3) is 0.857. The van der Waals surface area contributed by atoms with Crippen LogP contribution in [0.3, 0.4) is 0 Å². The first kappa shape index (κ1) is 12.2. The molecule has 0 aliphatic carbocycles. The summed E-state index contributed by atoms with van der Waals surface area (Å²) < 4.78 is 40.0. The van der Waals surface area contributed by atoms with Gasteiger partial charge in [-0.1, -0.05) is 0 Å². The van der Waals surface area contributed by atoms with Gasteiger partial charge in [0.05, 0.1) is 13.2 Å². The molecule has 3 nitrogen and oxygen atoms in total. The van der Waals surface area contributed by atoms with Gasteiger partial charge < -0.3 is 4.74 Å². The number of halogens is 3. The number of hydrogen-bond donors (Lipinski definition) is 1. The van der Waals surface area contributed by atoms with Gasteiger partial charge in [-0.3, -0.25) is 10.1 Å². The molecule has 1 atom stereocenters. The van der Waals surface area contributed by atoms with Crippen molar-refractivity contribution in [2.45, 2.75) is 26.1 Å². The topological polar surface area (TPSA) is 38.3 Å². The minimum Gasteiger partial charge on any atom is -0.465 e. The lowest BCUT2D eigenvalue weighted by atomic mass is 10.3. The van der Waals surface area contributed by atoms with Crippen LogP contribution >= 0.6 is 0 Å². The van der Waals surface area contributed by atoms with Gasteiger partial charge in [0.1, 0.15) is 6.04 Å². The summed E-state index contributed by atoms with van der Waals surface area (Å²) in [5, 5.41) is 2.01. The average Bonchev–Trinajstić information content (AvgIpc) is 1.99. The summed E-state index contributed by atoms with van der Waals surface area (Å²) in [4.78, 5) is 10.6. The summed E-state index contributed by atoms with van der Waals surface area (Å²) in [5.41, 5.74) is 0. The maximum absolute atomic E-state index is 11.9. The highest BCUT2D eigenvalue weighted by Crippen LogP contribution is 2.19. The van der Waals surface area contributed by atoms with Gasteiger partial charge in [-0.25, -0.2) is 0 Å². The van der Waals surface area contributed by atoms with E-state index in [1.165, 1.54) is 0 Å². The van der Waals surface area contributed by atoms with Crippen LogP contribution in [0.5, 0.6) is 0 Å². The molecule has 0 heterocycles. The van der Waals surface area contributed by atoms with Crippen molar-refractivity contribution in [2.75, 3.05) is 13.2 Å². The van der Waals surface area contributed by atoms with E-state index in [9.17, 15) is 18.0 Å². The molecule has 0 aliphatic heterocycles. The van der Waals surface area contributed by atoms with E-state index in [2.05, 4.69) is 4.74 Å². The first-order chi connectivity index (χ1) is 5.88. The molecule has 0 saturated heterocycles. The normalized spacial score (nSPS) is 13.9. The second-order valence-electron chi connectivity index (χ2n) is 2.45. The fourth-order valence-corrected chi connectivity index (χ4v) is 0.564. The zero-order valence-corrected chi connectivity index (χ0v) is 7.44. The van der Waals surface area contributed by atoms with Crippen molar-refractivity contribution < 1.29 is 22.7 Å². The van der Waals surface area contributed by atoms with Gasteiger partial charge in [-0.2, -0.15) is 13.2 Å². The van der Waals surface area contributed by atoms with Gasteiger partial charge in [0, 0.05) is 0 Å². The minimum atomic E-state index is -4.33. The third-order valence-corrected chi connectivity index (χ3v) is 1.35. The molecule has 0 bridgehead atoms. The van der Waals surface area contributed by atoms with E-state index in [-0.39, 0.29) is 6.61 Å². The number of hydrogen-bond acceptors (Lipinski definition) is 3. The first-order valence-corrected chi connectivity index (χ1v) is 3.83. The molecule has 0 rings (SSSR count). The lowest BCUT2D eigenvalue weighted by molar-refractivity contribution is -0.155. The highest BCUT2D eigenvalue weighted by atomic mass is 19.4. The summed E-state index contributed by atoms with van der Waals surface area (Å²) in [6, 6.07) is -1.70. The summed E-state index contributed by atoms with van der Waals surface area (Å²) in [6.07, 6.45) is -4.33. The predicted octanol–water partition coefficient (Wildman–Crippen LogP) is 1.09. The number of rotatable bonds is 4. The molecule has 13 heavy (non-hydrogen) atoms. The van der Waals surface area contributed by atoms with Crippen molar-refractivity contribution in [3.63, 3.8) is 0 Å². The fourth-order valence-electron chi connectivity index (χ4n) is 0.564. The number of carbonyl (C=O) groups is 1. The maximum Gasteiger partial charge on any atom is 0.403 e. The van der Waals surface area contributed by atoms with E-state index in [4.69, 9.17) is 0 Å². The van der Waals surface area contributed by atoms with Crippen LogP contribution in [-0.4, -0.2) is 31.3 Å². The van der Waals surface area contributed by atoms with Crippen molar-refractivity contribution in [1.29, 1.82) is 0 Å². The quantitative estimate of drug-likeness (QED) is 0.689. The Labute approximate surface area is 74.3 Å². The van der Waals surface area contributed by atoms with Crippen LogP contribution in [0.2, 0.25) is 0 Å². The third-order valence-electron chi connectivity index (χ3n) is 1.35. The number of ether oxygens (including phenoxy) is 1. The molecule has 0 aliphatic rings. The Morgan fingerprint density at radius 1 is 1.54 bits per heavy atom. The van der Waals surface area contributed by atoms with Crippen LogP contribution in [0.1, 0.15) is 13.8 Å². The number of alkyl halides is 3. The van der Waals surface area contributed by atoms with Crippen molar-refractivity contribution in [1.82, 2.24) is 5.32 Å². The van der Waals surface area contributed by atoms with Crippen LogP contribution in [0.4, 0.5) is 13.2 Å². The molecular weight excluding hydrogens is 187 g/mol. The monoisotopic (exact) mass is 199 g/mol. The lowest BCUT2D eigenvalue weighted by Crippen LogP contribution is -2.42. The Kier molecular flexibility index (Phi) is 4.76. The van der Waals surface area contributed by atoms with E-state index >= 15 is 0 Å². The Hall–Kier alpha value is -0.780. The smallest absolute Gasteiger partial charge is 0.403 e. The maximum atomic E-state index is 11.9. The standard InChI is InChI=1S/C7H12F3NO2/c1-3-13-6(12)4-11-5(2)7(8,9)10/h5,11H,3-4H2,1-2H3/t5-/m1/s1. The summed E-state index contributed by atoms with van der Waals surface area (Å²) >= 11 is 0. The number of esters is 1. The third kappa shape index (κ3) is 5.46. The molecule has 0 aromatic rings. The number of carbonyl (C=O) groups excluding carboxylic acids is 1. The molecule has 0 radical (unpaired) electrons. The predicted molar refractivity (Wildman–Crippen MR) is 40.2 cm³/mol. The first-order valence-electron chi connectivity index (χ1n) is 3.83.